The number of rotatable bonds is 20. The number of methoxy groups -OCH3 is 2. The Bertz CT molecular complexity index is 2550. The Hall–Kier alpha value is -5.65. The lowest BCUT2D eigenvalue weighted by Gasteiger charge is -2.59. The minimum atomic E-state index is -1.89. The van der Waals surface area contributed by atoms with Gasteiger partial charge >= 0.3 is 12.1 Å². The summed E-state index contributed by atoms with van der Waals surface area (Å²) in [6.07, 6.45) is 3.17. The summed E-state index contributed by atoms with van der Waals surface area (Å²) in [6.45, 7) is 9.00. The average molecular weight is 1050 g/mol. The molecule has 0 aliphatic carbocycles. The number of hydrazine groups is 1. The van der Waals surface area contributed by atoms with Gasteiger partial charge in [-0.3, -0.25) is 25.1 Å². The zero-order valence-electron chi connectivity index (χ0n) is 44.2. The molecule has 7 rings (SSSR count). The molecule has 6 bridgehead atoms. The predicted molar refractivity (Wildman–Crippen MR) is 275 cm³/mol. The standard InChI is InChI=1S/C52H73ClN8O13/c1-33-13-11-15-40(69-10)52(67)30-42(73-49(66)57-52)51(4)32-50(3,74-51)41(29-45(64)60(8)38-26-35(25-33)27-39(68-9)46(38)53)72-48(65)34(2)59(7)44(63)17-21-70-23-24-71-22-19-55-43(62)16-20-61-37(31-58(6)54-5)28-36-14-12-18-56-47(36)61/h11-15,18,26-28,34,40-42,54,67H,16-17,19-25,29-32H2,1-10H3,(H,55,62)(H,57,66)/b15-11+,33-13+/t34-,40+,41-,42-,50+,51?,52-/m0/s1. The van der Waals surface area contributed by atoms with E-state index in [2.05, 4.69) is 31.7 Å². The molecule has 4 N–H and O–H groups in total. The van der Waals surface area contributed by atoms with Gasteiger partial charge in [0, 0.05) is 77.9 Å². The number of esters is 1. The highest BCUT2D eigenvalue weighted by Gasteiger charge is 2.63. The first kappa shape index (κ1) is 57.6. The number of anilines is 1. The molecule has 0 spiro atoms. The molecule has 0 radical (unpaired) electrons. The largest absolute Gasteiger partial charge is 0.495 e. The molecule has 3 aromatic rings. The second-order valence-corrected chi connectivity index (χ2v) is 19.9. The number of aromatic nitrogens is 2. The van der Waals surface area contributed by atoms with Crippen LogP contribution in [0.3, 0.4) is 0 Å². The Morgan fingerprint density at radius 1 is 1.07 bits per heavy atom. The van der Waals surface area contributed by atoms with Crippen LogP contribution in [-0.2, 0) is 67.1 Å². The number of carbonyl (C=O) groups excluding carboxylic acids is 5. The van der Waals surface area contributed by atoms with Crippen LogP contribution in [0, 0.1) is 0 Å². The van der Waals surface area contributed by atoms with E-state index in [1.165, 1.54) is 38.0 Å². The number of carbonyl (C=O) groups is 5. The molecular weight excluding hydrogens is 980 g/mol. The van der Waals surface area contributed by atoms with Gasteiger partial charge in [-0.15, -0.1) is 0 Å². The molecule has 1 aromatic carbocycles. The van der Waals surface area contributed by atoms with Crippen molar-refractivity contribution in [2.75, 3.05) is 80.3 Å². The number of hydrogen-bond donors (Lipinski definition) is 4. The molecule has 4 amide bonds. The molecule has 2 fully saturated rings. The SMILES string of the molecule is CNN(C)Cc1cc2cccnc2n1CCC(=O)NCCOCCOCCC(=O)N(C)[C@@H](C)C(=O)O[C@H]1CC(=O)N(C)c2cc(cc(OC)c2Cl)C/C(C)=C/C=C/[C@@H](OC)[C@@]2(O)C[C@H](OC(=O)N2)C2(C)C[C@@]1(C)O2. The number of amides is 4. The number of halogens is 1. The Kier molecular flexibility index (Phi) is 19.7. The van der Waals surface area contributed by atoms with E-state index in [1.54, 1.807) is 51.4 Å². The quantitative estimate of drug-likeness (QED) is 0.0705. The van der Waals surface area contributed by atoms with Crippen LogP contribution >= 0.6 is 11.6 Å². The van der Waals surface area contributed by atoms with Gasteiger partial charge in [-0.05, 0) is 77.1 Å². The summed E-state index contributed by atoms with van der Waals surface area (Å²) in [5, 5.41) is 20.4. The van der Waals surface area contributed by atoms with Gasteiger partial charge in [0.15, 0.2) is 5.72 Å². The first-order valence-electron chi connectivity index (χ1n) is 24.7. The zero-order valence-corrected chi connectivity index (χ0v) is 44.9. The number of pyridine rings is 1. The van der Waals surface area contributed by atoms with Gasteiger partial charge in [-0.25, -0.2) is 19.6 Å². The summed E-state index contributed by atoms with van der Waals surface area (Å²) in [5.41, 5.74) is 2.62. The van der Waals surface area contributed by atoms with Crippen LogP contribution in [0.4, 0.5) is 10.5 Å². The van der Waals surface area contributed by atoms with E-state index in [0.717, 1.165) is 27.9 Å². The second kappa shape index (κ2) is 25.3. The topological polar surface area (TPSA) is 234 Å². The molecule has 0 saturated carbocycles. The van der Waals surface area contributed by atoms with Crippen LogP contribution in [0.15, 0.2) is 60.3 Å². The van der Waals surface area contributed by atoms with E-state index in [9.17, 15) is 29.1 Å². The molecule has 21 nitrogen and oxygen atoms in total. The Labute approximate surface area is 437 Å². The molecule has 2 aromatic heterocycles. The molecule has 406 valence electrons. The average Bonchev–Trinajstić information content (AvgIpc) is 3.70. The number of allylic oxidation sites excluding steroid dienone is 3. The summed E-state index contributed by atoms with van der Waals surface area (Å²) in [6, 6.07) is 8.44. The molecule has 7 atom stereocenters. The summed E-state index contributed by atoms with van der Waals surface area (Å²) in [7, 11) is 9.72. The minimum absolute atomic E-state index is 0.0468. The van der Waals surface area contributed by atoms with Crippen molar-refractivity contribution in [2.45, 2.75) is 121 Å². The summed E-state index contributed by atoms with van der Waals surface area (Å²) in [5.74, 6) is -1.43. The third kappa shape index (κ3) is 14.0. The number of alkyl carbamates (subject to hydrolysis) is 1. The van der Waals surface area contributed by atoms with Crippen molar-refractivity contribution in [1.82, 2.24) is 35.5 Å². The number of nitrogens with zero attached hydrogens (tertiary/aromatic N) is 5. The number of nitrogens with one attached hydrogen (secondary N) is 3. The zero-order chi connectivity index (χ0) is 54.0. The van der Waals surface area contributed by atoms with Crippen LogP contribution < -0.4 is 25.7 Å². The van der Waals surface area contributed by atoms with Crippen LogP contribution in [0.2, 0.25) is 5.02 Å². The maximum Gasteiger partial charge on any atom is 0.409 e. The van der Waals surface area contributed by atoms with Crippen LogP contribution in [0.5, 0.6) is 5.75 Å². The van der Waals surface area contributed by atoms with Crippen molar-refractivity contribution in [1.29, 1.82) is 0 Å². The Balaban J connectivity index is 1.02. The van der Waals surface area contributed by atoms with Gasteiger partial charge in [0.05, 0.1) is 58.6 Å². The predicted octanol–water partition coefficient (Wildman–Crippen LogP) is 4.20. The minimum Gasteiger partial charge on any atom is -0.495 e. The highest BCUT2D eigenvalue weighted by atomic mass is 35.5. The third-order valence-corrected chi connectivity index (χ3v) is 14.3. The first-order valence-corrected chi connectivity index (χ1v) is 25.1. The highest BCUT2D eigenvalue weighted by Crippen LogP contribution is 2.50. The Morgan fingerprint density at radius 3 is 2.50 bits per heavy atom. The number of hydrogen-bond acceptors (Lipinski definition) is 16. The highest BCUT2D eigenvalue weighted by molar-refractivity contribution is 6.35. The lowest BCUT2D eigenvalue weighted by molar-refractivity contribution is -0.328. The van der Waals surface area contributed by atoms with Crippen molar-refractivity contribution >= 4 is 58.1 Å². The maximum atomic E-state index is 14.3. The van der Waals surface area contributed by atoms with Gasteiger partial charge in [-0.2, -0.15) is 0 Å². The van der Waals surface area contributed by atoms with Crippen molar-refractivity contribution in [3.05, 3.63) is 76.6 Å². The molecule has 2 saturated heterocycles. The number of likely N-dealkylation sites (N-methyl/N-ethyl adjacent to an activating group) is 1. The first-order chi connectivity index (χ1) is 35.1. The van der Waals surface area contributed by atoms with Crippen molar-refractivity contribution < 1.29 is 62.2 Å². The van der Waals surface area contributed by atoms with Crippen LogP contribution in [0.1, 0.15) is 71.1 Å². The van der Waals surface area contributed by atoms with Crippen LogP contribution in [-0.4, -0.2) is 171 Å². The van der Waals surface area contributed by atoms with Gasteiger partial charge in [0.1, 0.15) is 52.0 Å². The molecule has 4 aliphatic rings. The summed E-state index contributed by atoms with van der Waals surface area (Å²) in [4.78, 5) is 74.6. The fourth-order valence-corrected chi connectivity index (χ4v) is 9.89. The fraction of sp³-hybridized carbons (Fsp3) is 0.577. The van der Waals surface area contributed by atoms with E-state index in [1.807, 2.05) is 44.2 Å². The lowest BCUT2D eigenvalue weighted by Crippen LogP contribution is -2.72. The molecule has 74 heavy (non-hydrogen) atoms. The Morgan fingerprint density at radius 2 is 1.80 bits per heavy atom. The lowest BCUT2D eigenvalue weighted by atomic mass is 9.72. The van der Waals surface area contributed by atoms with Gasteiger partial charge in [0.25, 0.3) is 0 Å². The number of aliphatic hydroxyl groups is 1. The second-order valence-electron chi connectivity index (χ2n) is 19.5. The van der Waals surface area contributed by atoms with Crippen molar-refractivity contribution in [3.8, 4) is 5.75 Å². The normalized spacial score (nSPS) is 25.8. The molecular formula is C52H73ClN8O13. The summed E-state index contributed by atoms with van der Waals surface area (Å²) >= 11 is 6.81. The van der Waals surface area contributed by atoms with Crippen LogP contribution in [0.25, 0.3) is 11.0 Å². The molecule has 1 unspecified atom stereocenters. The van der Waals surface area contributed by atoms with Gasteiger partial charge in [-0.1, -0.05) is 35.4 Å². The summed E-state index contributed by atoms with van der Waals surface area (Å²) < 4.78 is 43.0. The van der Waals surface area contributed by atoms with E-state index in [0.29, 0.717) is 37.5 Å². The number of aryl methyl sites for hydroxylation is 1. The third-order valence-electron chi connectivity index (χ3n) is 13.9. The monoisotopic (exact) mass is 1050 g/mol. The fourth-order valence-electron chi connectivity index (χ4n) is 9.58. The number of fused-ring (bicyclic) bond motifs is 7. The van der Waals surface area contributed by atoms with E-state index < -0.39 is 65.2 Å². The van der Waals surface area contributed by atoms with E-state index in [4.69, 9.17) is 44.8 Å². The number of benzene rings is 1. The molecule has 6 heterocycles. The van der Waals surface area contributed by atoms with Gasteiger partial charge in [0.2, 0.25) is 17.7 Å². The van der Waals surface area contributed by atoms with E-state index in [-0.39, 0.29) is 69.5 Å². The molecule has 22 heteroatoms. The number of ether oxygens (including phenoxy) is 7. The van der Waals surface area contributed by atoms with E-state index >= 15 is 0 Å². The van der Waals surface area contributed by atoms with Crippen molar-refractivity contribution in [2.24, 2.45) is 0 Å². The molecule has 4 aliphatic heterocycles. The maximum absolute atomic E-state index is 14.3. The smallest absolute Gasteiger partial charge is 0.409 e. The van der Waals surface area contributed by atoms with Crippen molar-refractivity contribution in [3.63, 3.8) is 0 Å². The van der Waals surface area contributed by atoms with Gasteiger partial charge < -0.3 is 57.9 Å².